The molecule has 1 aliphatic heterocycles. The van der Waals surface area contributed by atoms with E-state index in [1.54, 1.807) is 11.8 Å². The molecule has 0 aromatic heterocycles. The summed E-state index contributed by atoms with van der Waals surface area (Å²) in [4.78, 5) is 13.8. The summed E-state index contributed by atoms with van der Waals surface area (Å²) in [6.45, 7) is 3.29. The van der Waals surface area contributed by atoms with Gasteiger partial charge in [-0.2, -0.15) is 11.8 Å². The minimum atomic E-state index is 0.224. The lowest BCUT2D eigenvalue weighted by Crippen LogP contribution is -2.43. The third-order valence-electron chi connectivity index (χ3n) is 2.80. The quantitative estimate of drug-likeness (QED) is 0.729. The van der Waals surface area contributed by atoms with E-state index in [2.05, 4.69) is 6.92 Å². The van der Waals surface area contributed by atoms with E-state index in [9.17, 15) is 4.79 Å². The number of aliphatic hydroxyl groups excluding tert-OH is 1. The molecule has 4 heteroatoms. The molecule has 1 saturated heterocycles. The standard InChI is InChI=1S/C11H21NO2S/c1-10-5-2-3-6-12(10)11(14)9-15-8-4-7-13/h10,13H,2-9H2,1H3. The number of hydrogen-bond acceptors (Lipinski definition) is 3. The van der Waals surface area contributed by atoms with Crippen LogP contribution < -0.4 is 0 Å². The first-order valence-corrected chi connectivity index (χ1v) is 6.89. The highest BCUT2D eigenvalue weighted by Crippen LogP contribution is 2.17. The van der Waals surface area contributed by atoms with Crippen LogP contribution in [0.25, 0.3) is 0 Å². The number of rotatable bonds is 5. The molecule has 0 spiro atoms. The van der Waals surface area contributed by atoms with Crippen LogP contribution in [0.5, 0.6) is 0 Å². The number of amides is 1. The van der Waals surface area contributed by atoms with Crippen molar-refractivity contribution in [1.82, 2.24) is 4.90 Å². The fraction of sp³-hybridized carbons (Fsp3) is 0.909. The summed E-state index contributed by atoms with van der Waals surface area (Å²) < 4.78 is 0. The molecular formula is C11H21NO2S. The second-order valence-electron chi connectivity index (χ2n) is 4.06. The Balaban J connectivity index is 2.20. The zero-order valence-corrected chi connectivity index (χ0v) is 10.3. The molecule has 3 nitrogen and oxygen atoms in total. The smallest absolute Gasteiger partial charge is 0.232 e. The fourth-order valence-corrected chi connectivity index (χ4v) is 2.70. The lowest BCUT2D eigenvalue weighted by molar-refractivity contribution is -0.131. The molecule has 0 saturated carbocycles. The highest BCUT2D eigenvalue weighted by Gasteiger charge is 2.22. The topological polar surface area (TPSA) is 40.5 Å². The van der Waals surface area contributed by atoms with Crippen molar-refractivity contribution in [2.75, 3.05) is 24.7 Å². The maximum absolute atomic E-state index is 11.8. The summed E-state index contributed by atoms with van der Waals surface area (Å²) >= 11 is 1.63. The summed E-state index contributed by atoms with van der Waals surface area (Å²) in [6, 6.07) is 0.421. The van der Waals surface area contributed by atoms with Gasteiger partial charge in [0.1, 0.15) is 0 Å². The van der Waals surface area contributed by atoms with E-state index in [1.807, 2.05) is 4.90 Å². The first kappa shape index (κ1) is 12.8. The molecule has 0 aliphatic carbocycles. The minimum absolute atomic E-state index is 0.224. The van der Waals surface area contributed by atoms with E-state index in [1.165, 1.54) is 6.42 Å². The molecule has 1 N–H and O–H groups in total. The zero-order valence-electron chi connectivity index (χ0n) is 9.45. The van der Waals surface area contributed by atoms with Crippen molar-refractivity contribution in [1.29, 1.82) is 0 Å². The summed E-state index contributed by atoms with van der Waals surface area (Å²) in [5.74, 6) is 1.72. The molecule has 1 atom stereocenters. The van der Waals surface area contributed by atoms with Gasteiger partial charge in [-0.1, -0.05) is 0 Å². The van der Waals surface area contributed by atoms with Crippen molar-refractivity contribution in [3.63, 3.8) is 0 Å². The summed E-state index contributed by atoms with van der Waals surface area (Å²) in [5, 5.41) is 8.61. The van der Waals surface area contributed by atoms with Crippen molar-refractivity contribution >= 4 is 17.7 Å². The van der Waals surface area contributed by atoms with Gasteiger partial charge in [0.05, 0.1) is 5.75 Å². The van der Waals surface area contributed by atoms with Crippen LogP contribution in [0.1, 0.15) is 32.6 Å². The van der Waals surface area contributed by atoms with Gasteiger partial charge in [0.25, 0.3) is 0 Å². The van der Waals surface area contributed by atoms with Crippen LogP contribution in [0, 0.1) is 0 Å². The molecule has 88 valence electrons. The van der Waals surface area contributed by atoms with E-state index in [0.717, 1.165) is 31.6 Å². The molecule has 1 aliphatic rings. The van der Waals surface area contributed by atoms with E-state index in [0.29, 0.717) is 11.8 Å². The van der Waals surface area contributed by atoms with Gasteiger partial charge in [-0.15, -0.1) is 0 Å². The summed E-state index contributed by atoms with van der Waals surface area (Å²) in [6.07, 6.45) is 4.33. The van der Waals surface area contributed by atoms with Gasteiger partial charge >= 0.3 is 0 Å². The van der Waals surface area contributed by atoms with Gasteiger partial charge in [-0.25, -0.2) is 0 Å². The lowest BCUT2D eigenvalue weighted by Gasteiger charge is -2.33. The molecule has 15 heavy (non-hydrogen) atoms. The fourth-order valence-electron chi connectivity index (χ4n) is 1.88. The van der Waals surface area contributed by atoms with Gasteiger partial charge in [-0.05, 0) is 38.4 Å². The Labute approximate surface area is 96.2 Å². The van der Waals surface area contributed by atoms with E-state index >= 15 is 0 Å². The number of nitrogens with zero attached hydrogens (tertiary/aromatic N) is 1. The maximum atomic E-state index is 11.8. The van der Waals surface area contributed by atoms with Crippen molar-refractivity contribution in [2.24, 2.45) is 0 Å². The van der Waals surface area contributed by atoms with Crippen LogP contribution in [0.2, 0.25) is 0 Å². The van der Waals surface area contributed by atoms with Crippen molar-refractivity contribution in [3.05, 3.63) is 0 Å². The molecule has 1 heterocycles. The summed E-state index contributed by atoms with van der Waals surface area (Å²) in [7, 11) is 0. The van der Waals surface area contributed by atoms with Crippen LogP contribution in [-0.2, 0) is 4.79 Å². The average Bonchev–Trinajstić information content (AvgIpc) is 2.25. The predicted molar refractivity (Wildman–Crippen MR) is 64.1 cm³/mol. The normalized spacial score (nSPS) is 21.7. The van der Waals surface area contributed by atoms with Crippen LogP contribution in [0.4, 0.5) is 0 Å². The lowest BCUT2D eigenvalue weighted by atomic mass is 10.0. The molecule has 0 bridgehead atoms. The Morgan fingerprint density at radius 2 is 2.33 bits per heavy atom. The average molecular weight is 231 g/mol. The summed E-state index contributed by atoms with van der Waals surface area (Å²) in [5.41, 5.74) is 0. The third kappa shape index (κ3) is 4.43. The number of thioether (sulfide) groups is 1. The van der Waals surface area contributed by atoms with Gasteiger partial charge in [0, 0.05) is 19.2 Å². The molecule has 0 aromatic carbocycles. The van der Waals surface area contributed by atoms with Crippen molar-refractivity contribution in [3.8, 4) is 0 Å². The minimum Gasteiger partial charge on any atom is -0.396 e. The molecule has 1 fully saturated rings. The Kier molecular flexibility index (Phi) is 6.10. The molecule has 1 unspecified atom stereocenters. The Morgan fingerprint density at radius 1 is 1.53 bits per heavy atom. The van der Waals surface area contributed by atoms with Crippen LogP contribution in [0.15, 0.2) is 0 Å². The Morgan fingerprint density at radius 3 is 3.00 bits per heavy atom. The zero-order chi connectivity index (χ0) is 11.1. The predicted octanol–water partition coefficient (Wildman–Crippen LogP) is 1.50. The highest BCUT2D eigenvalue weighted by molar-refractivity contribution is 7.99. The van der Waals surface area contributed by atoms with Crippen LogP contribution in [0.3, 0.4) is 0 Å². The third-order valence-corrected chi connectivity index (χ3v) is 3.82. The first-order valence-electron chi connectivity index (χ1n) is 5.73. The van der Waals surface area contributed by atoms with Crippen molar-refractivity contribution in [2.45, 2.75) is 38.6 Å². The second kappa shape index (κ2) is 7.12. The SMILES string of the molecule is CC1CCCCN1C(=O)CSCCCO. The van der Waals surface area contributed by atoms with E-state index in [-0.39, 0.29) is 12.5 Å². The first-order chi connectivity index (χ1) is 7.25. The number of likely N-dealkylation sites (tertiary alicyclic amines) is 1. The molecule has 0 radical (unpaired) electrons. The van der Waals surface area contributed by atoms with E-state index < -0.39 is 0 Å². The molecule has 1 rings (SSSR count). The Bertz CT molecular complexity index is 199. The van der Waals surface area contributed by atoms with Gasteiger partial charge in [0.15, 0.2) is 0 Å². The van der Waals surface area contributed by atoms with Crippen LogP contribution >= 0.6 is 11.8 Å². The number of carbonyl (C=O) groups excluding carboxylic acids is 1. The number of aliphatic hydroxyl groups is 1. The maximum Gasteiger partial charge on any atom is 0.232 e. The van der Waals surface area contributed by atoms with E-state index in [4.69, 9.17) is 5.11 Å². The number of carbonyl (C=O) groups is 1. The van der Waals surface area contributed by atoms with Gasteiger partial charge < -0.3 is 10.0 Å². The van der Waals surface area contributed by atoms with Crippen molar-refractivity contribution < 1.29 is 9.90 Å². The van der Waals surface area contributed by atoms with Crippen LogP contribution in [-0.4, -0.2) is 46.6 Å². The molecule has 1 amide bonds. The molecule has 0 aromatic rings. The Hall–Kier alpha value is -0.220. The largest absolute Gasteiger partial charge is 0.396 e. The van der Waals surface area contributed by atoms with Gasteiger partial charge in [-0.3, -0.25) is 4.79 Å². The monoisotopic (exact) mass is 231 g/mol. The molecular weight excluding hydrogens is 210 g/mol. The number of piperidine rings is 1. The highest BCUT2D eigenvalue weighted by atomic mass is 32.2. The second-order valence-corrected chi connectivity index (χ2v) is 5.17. The number of hydrogen-bond donors (Lipinski definition) is 1. The van der Waals surface area contributed by atoms with Gasteiger partial charge in [0.2, 0.25) is 5.91 Å².